The molecule has 1 aliphatic rings. The fraction of sp³-hybridized carbons (Fsp3) is 0.133. The van der Waals surface area contributed by atoms with Crippen LogP contribution in [0.15, 0.2) is 42.5 Å². The van der Waals surface area contributed by atoms with Crippen molar-refractivity contribution in [1.29, 1.82) is 0 Å². The van der Waals surface area contributed by atoms with Crippen LogP contribution in [0.1, 0.15) is 17.2 Å². The van der Waals surface area contributed by atoms with Crippen LogP contribution in [0.3, 0.4) is 0 Å². The average Bonchev–Trinajstić information content (AvgIpc) is 2.45. The molecule has 1 atom stereocenters. The van der Waals surface area contributed by atoms with Gasteiger partial charge in [0.05, 0.1) is 5.69 Å². The highest BCUT2D eigenvalue weighted by Crippen LogP contribution is 2.32. The Hall–Kier alpha value is -1.60. The number of halogens is 1. The van der Waals surface area contributed by atoms with Gasteiger partial charge in [0.2, 0.25) is 0 Å². The van der Waals surface area contributed by atoms with E-state index in [0.29, 0.717) is 11.4 Å². The van der Waals surface area contributed by atoms with E-state index in [1.165, 1.54) is 0 Å². The summed E-state index contributed by atoms with van der Waals surface area (Å²) in [5, 5.41) is 13.2. The van der Waals surface area contributed by atoms with Gasteiger partial charge >= 0.3 is 0 Å². The van der Waals surface area contributed by atoms with Crippen LogP contribution in [0, 0.1) is 3.57 Å². The Balaban J connectivity index is 1.94. The lowest BCUT2D eigenvalue weighted by Gasteiger charge is -2.20. The molecule has 0 saturated carbocycles. The number of benzene rings is 2. The SMILES string of the molecule is O=C1COc2ccc(C(O)c3cccc(I)c3)cc2N1. The van der Waals surface area contributed by atoms with Gasteiger partial charge in [0.1, 0.15) is 11.9 Å². The maximum Gasteiger partial charge on any atom is 0.262 e. The third-order valence-corrected chi connectivity index (χ3v) is 3.79. The number of hydrogen-bond acceptors (Lipinski definition) is 3. The van der Waals surface area contributed by atoms with Crippen LogP contribution in [0.5, 0.6) is 5.75 Å². The lowest BCUT2D eigenvalue weighted by molar-refractivity contribution is -0.118. The van der Waals surface area contributed by atoms with Crippen LogP contribution in [0.4, 0.5) is 5.69 Å². The standard InChI is InChI=1S/C15H12INO3/c16-11-3-1-2-9(6-11)15(19)10-4-5-13-12(7-10)17-14(18)8-20-13/h1-7,15,19H,8H2,(H,17,18). The molecule has 1 heterocycles. The largest absolute Gasteiger partial charge is 0.482 e. The molecule has 0 saturated heterocycles. The normalized spacial score (nSPS) is 15.0. The fourth-order valence-electron chi connectivity index (χ4n) is 2.14. The van der Waals surface area contributed by atoms with E-state index >= 15 is 0 Å². The number of rotatable bonds is 2. The highest BCUT2D eigenvalue weighted by molar-refractivity contribution is 14.1. The second kappa shape index (κ2) is 5.41. The number of anilines is 1. The molecular formula is C15H12INO3. The van der Waals surface area contributed by atoms with Gasteiger partial charge in [-0.2, -0.15) is 0 Å². The van der Waals surface area contributed by atoms with E-state index in [1.54, 1.807) is 18.2 Å². The zero-order valence-corrected chi connectivity index (χ0v) is 12.6. The van der Waals surface area contributed by atoms with Gasteiger partial charge < -0.3 is 15.2 Å². The van der Waals surface area contributed by atoms with Gasteiger partial charge in [-0.15, -0.1) is 0 Å². The van der Waals surface area contributed by atoms with Gasteiger partial charge in [0, 0.05) is 3.57 Å². The zero-order valence-electron chi connectivity index (χ0n) is 10.5. The van der Waals surface area contributed by atoms with E-state index in [2.05, 4.69) is 27.9 Å². The average molecular weight is 381 g/mol. The zero-order chi connectivity index (χ0) is 14.1. The topological polar surface area (TPSA) is 58.6 Å². The van der Waals surface area contributed by atoms with Crippen molar-refractivity contribution in [3.05, 3.63) is 57.2 Å². The van der Waals surface area contributed by atoms with Gasteiger partial charge in [-0.05, 0) is 58.0 Å². The number of ether oxygens (including phenoxy) is 1. The van der Waals surface area contributed by atoms with Crippen molar-refractivity contribution in [2.45, 2.75) is 6.10 Å². The van der Waals surface area contributed by atoms with E-state index in [0.717, 1.165) is 14.7 Å². The molecule has 0 radical (unpaired) electrons. The Kier molecular flexibility index (Phi) is 3.62. The molecular weight excluding hydrogens is 369 g/mol. The third kappa shape index (κ3) is 2.64. The van der Waals surface area contributed by atoms with Crippen molar-refractivity contribution < 1.29 is 14.6 Å². The first-order valence-corrected chi connectivity index (χ1v) is 7.21. The summed E-state index contributed by atoms with van der Waals surface area (Å²) in [5.74, 6) is 0.446. The van der Waals surface area contributed by atoms with Gasteiger partial charge in [-0.1, -0.05) is 18.2 Å². The highest BCUT2D eigenvalue weighted by atomic mass is 127. The van der Waals surface area contributed by atoms with Crippen molar-refractivity contribution in [2.24, 2.45) is 0 Å². The van der Waals surface area contributed by atoms with E-state index in [-0.39, 0.29) is 12.5 Å². The summed E-state index contributed by atoms with van der Waals surface area (Å²) in [7, 11) is 0. The maximum absolute atomic E-state index is 11.3. The van der Waals surface area contributed by atoms with E-state index < -0.39 is 6.10 Å². The second-order valence-electron chi connectivity index (χ2n) is 4.55. The first kappa shape index (κ1) is 13.4. The quantitative estimate of drug-likeness (QED) is 0.787. The number of carbonyl (C=O) groups is 1. The predicted octanol–water partition coefficient (Wildman–Crippen LogP) is 2.70. The van der Waals surface area contributed by atoms with Gasteiger partial charge in [0.25, 0.3) is 5.91 Å². The van der Waals surface area contributed by atoms with Crippen molar-refractivity contribution in [2.75, 3.05) is 11.9 Å². The van der Waals surface area contributed by atoms with Crippen molar-refractivity contribution in [3.8, 4) is 5.75 Å². The minimum absolute atomic E-state index is 0.0335. The number of fused-ring (bicyclic) bond motifs is 1. The van der Waals surface area contributed by atoms with E-state index in [9.17, 15) is 9.90 Å². The molecule has 1 unspecified atom stereocenters. The maximum atomic E-state index is 11.3. The molecule has 3 rings (SSSR count). The molecule has 0 fully saturated rings. The molecule has 4 nitrogen and oxygen atoms in total. The Labute approximate surface area is 129 Å². The van der Waals surface area contributed by atoms with Crippen LogP contribution in [0.2, 0.25) is 0 Å². The van der Waals surface area contributed by atoms with Crippen LogP contribution in [0.25, 0.3) is 0 Å². The van der Waals surface area contributed by atoms with E-state index in [4.69, 9.17) is 4.74 Å². The molecule has 0 aliphatic carbocycles. The van der Waals surface area contributed by atoms with Crippen molar-refractivity contribution in [3.63, 3.8) is 0 Å². The van der Waals surface area contributed by atoms with Crippen LogP contribution in [-0.4, -0.2) is 17.6 Å². The van der Waals surface area contributed by atoms with E-state index in [1.807, 2.05) is 24.3 Å². The number of amides is 1. The Morgan fingerprint density at radius 1 is 1.20 bits per heavy atom. The van der Waals surface area contributed by atoms with Crippen molar-refractivity contribution in [1.82, 2.24) is 0 Å². The predicted molar refractivity (Wildman–Crippen MR) is 83.8 cm³/mol. The lowest BCUT2D eigenvalue weighted by Crippen LogP contribution is -2.25. The monoisotopic (exact) mass is 381 g/mol. The Morgan fingerprint density at radius 2 is 2.00 bits per heavy atom. The summed E-state index contributed by atoms with van der Waals surface area (Å²) in [4.78, 5) is 11.3. The smallest absolute Gasteiger partial charge is 0.262 e. The Morgan fingerprint density at radius 3 is 2.80 bits per heavy atom. The number of carbonyl (C=O) groups excluding carboxylic acids is 1. The molecule has 0 spiro atoms. The minimum Gasteiger partial charge on any atom is -0.482 e. The summed E-state index contributed by atoms with van der Waals surface area (Å²) < 4.78 is 6.36. The first-order valence-electron chi connectivity index (χ1n) is 6.13. The molecule has 20 heavy (non-hydrogen) atoms. The fourth-order valence-corrected chi connectivity index (χ4v) is 2.71. The molecule has 5 heteroatoms. The summed E-state index contributed by atoms with van der Waals surface area (Å²) in [6.07, 6.45) is -0.728. The third-order valence-electron chi connectivity index (χ3n) is 3.12. The van der Waals surface area contributed by atoms with Gasteiger partial charge in [-0.3, -0.25) is 4.79 Å². The van der Waals surface area contributed by atoms with Crippen molar-refractivity contribution >= 4 is 34.2 Å². The second-order valence-corrected chi connectivity index (χ2v) is 5.80. The molecule has 2 aromatic carbocycles. The lowest BCUT2D eigenvalue weighted by atomic mass is 10.0. The van der Waals surface area contributed by atoms with Gasteiger partial charge in [-0.25, -0.2) is 0 Å². The highest BCUT2D eigenvalue weighted by Gasteiger charge is 2.18. The van der Waals surface area contributed by atoms with Crippen LogP contribution < -0.4 is 10.1 Å². The number of aliphatic hydroxyl groups excluding tert-OH is 1. The molecule has 2 N–H and O–H groups in total. The van der Waals surface area contributed by atoms with Crippen LogP contribution in [-0.2, 0) is 4.79 Å². The summed E-state index contributed by atoms with van der Waals surface area (Å²) >= 11 is 2.21. The number of nitrogens with one attached hydrogen (secondary N) is 1. The summed E-state index contributed by atoms with van der Waals surface area (Å²) in [6, 6.07) is 13.0. The summed E-state index contributed by atoms with van der Waals surface area (Å²) in [6.45, 7) is 0.0335. The number of hydrogen-bond donors (Lipinski definition) is 2. The molecule has 0 aromatic heterocycles. The molecule has 2 aromatic rings. The minimum atomic E-state index is -0.728. The molecule has 1 aliphatic heterocycles. The molecule has 102 valence electrons. The summed E-state index contributed by atoms with van der Waals surface area (Å²) in [5.41, 5.74) is 2.14. The van der Waals surface area contributed by atoms with Gasteiger partial charge in [0.15, 0.2) is 6.61 Å². The molecule has 1 amide bonds. The molecule has 0 bridgehead atoms. The number of aliphatic hydroxyl groups is 1. The Bertz CT molecular complexity index is 672. The first-order chi connectivity index (χ1) is 9.63. The van der Waals surface area contributed by atoms with Crippen LogP contribution >= 0.6 is 22.6 Å².